The van der Waals surface area contributed by atoms with Crippen molar-refractivity contribution < 1.29 is 4.74 Å². The Labute approximate surface area is 132 Å². The molecule has 5 heteroatoms. The maximum absolute atomic E-state index is 5.76. The maximum Gasteiger partial charge on any atom is 0.119 e. The van der Waals surface area contributed by atoms with E-state index in [1.165, 1.54) is 10.4 Å². The lowest BCUT2D eigenvalue weighted by Crippen LogP contribution is -2.37. The second-order valence-electron chi connectivity index (χ2n) is 4.71. The Morgan fingerprint density at radius 2 is 2.25 bits per heavy atom. The summed E-state index contributed by atoms with van der Waals surface area (Å²) < 4.78 is 6.92. The van der Waals surface area contributed by atoms with E-state index in [4.69, 9.17) is 10.6 Å². The summed E-state index contributed by atoms with van der Waals surface area (Å²) in [6.45, 7) is 2.72. The Kier molecular flexibility index (Phi) is 6.04. The quantitative estimate of drug-likeness (QED) is 0.589. The van der Waals surface area contributed by atoms with Crippen LogP contribution in [0.25, 0.3) is 0 Å². The fourth-order valence-electron chi connectivity index (χ4n) is 1.96. The molecule has 0 amide bonds. The lowest BCUT2D eigenvalue weighted by atomic mass is 10.1. The van der Waals surface area contributed by atoms with E-state index < -0.39 is 0 Å². The van der Waals surface area contributed by atoms with E-state index in [2.05, 4.69) is 45.8 Å². The van der Waals surface area contributed by atoms with Crippen LogP contribution in [0, 0.1) is 6.92 Å². The zero-order valence-electron chi connectivity index (χ0n) is 11.4. The van der Waals surface area contributed by atoms with Crippen molar-refractivity contribution in [1.82, 2.24) is 5.43 Å². The van der Waals surface area contributed by atoms with Crippen LogP contribution in [0.15, 0.2) is 40.2 Å². The Morgan fingerprint density at radius 3 is 2.90 bits per heavy atom. The molecule has 3 N–H and O–H groups in total. The van der Waals surface area contributed by atoms with Gasteiger partial charge in [-0.05, 0) is 64.8 Å². The molecule has 0 aliphatic carbocycles. The van der Waals surface area contributed by atoms with Crippen molar-refractivity contribution in [2.24, 2.45) is 5.84 Å². The molecule has 1 atom stereocenters. The average molecular weight is 355 g/mol. The Bertz CT molecular complexity index is 544. The molecule has 108 valence electrons. The highest BCUT2D eigenvalue weighted by molar-refractivity contribution is 9.10. The van der Waals surface area contributed by atoms with Gasteiger partial charge in [0.15, 0.2) is 0 Å². The summed E-state index contributed by atoms with van der Waals surface area (Å²) in [4.78, 5) is 1.31. The van der Waals surface area contributed by atoms with E-state index in [1.807, 2.05) is 18.2 Å². The van der Waals surface area contributed by atoms with E-state index in [9.17, 15) is 0 Å². The average Bonchev–Trinajstić information content (AvgIpc) is 2.83. The highest BCUT2D eigenvalue weighted by Gasteiger charge is 2.11. The number of hydrogen-bond donors (Lipinski definition) is 2. The molecule has 0 fully saturated rings. The van der Waals surface area contributed by atoms with E-state index >= 15 is 0 Å². The number of benzene rings is 1. The molecule has 0 saturated heterocycles. The van der Waals surface area contributed by atoms with Crippen molar-refractivity contribution >= 4 is 27.3 Å². The molecule has 0 bridgehead atoms. The summed E-state index contributed by atoms with van der Waals surface area (Å²) in [5.41, 5.74) is 4.08. The van der Waals surface area contributed by atoms with Crippen molar-refractivity contribution in [2.45, 2.75) is 25.8 Å². The molecule has 2 rings (SSSR count). The number of thiophene rings is 1. The molecule has 0 radical (unpaired) electrons. The van der Waals surface area contributed by atoms with Crippen LogP contribution < -0.4 is 16.0 Å². The Morgan fingerprint density at radius 1 is 1.40 bits per heavy atom. The number of ether oxygens (including phenoxy) is 1. The third-order valence-corrected chi connectivity index (χ3v) is 5.03. The van der Waals surface area contributed by atoms with E-state index in [1.54, 1.807) is 11.3 Å². The Hall–Kier alpha value is -0.880. The third kappa shape index (κ3) is 4.59. The van der Waals surface area contributed by atoms with Gasteiger partial charge in [-0.2, -0.15) is 0 Å². The predicted octanol–water partition coefficient (Wildman–Crippen LogP) is 3.66. The lowest BCUT2D eigenvalue weighted by molar-refractivity contribution is 0.285. The zero-order chi connectivity index (χ0) is 14.4. The summed E-state index contributed by atoms with van der Waals surface area (Å²) in [7, 11) is 0. The Balaban J connectivity index is 1.81. The molecule has 1 aromatic heterocycles. The first-order valence-electron chi connectivity index (χ1n) is 6.56. The first-order chi connectivity index (χ1) is 9.69. The van der Waals surface area contributed by atoms with Gasteiger partial charge in [0.05, 0.1) is 6.61 Å². The minimum Gasteiger partial charge on any atom is -0.494 e. The number of nitrogens with two attached hydrogens (primary N) is 1. The van der Waals surface area contributed by atoms with Gasteiger partial charge < -0.3 is 4.74 Å². The predicted molar refractivity (Wildman–Crippen MR) is 88.1 cm³/mol. The van der Waals surface area contributed by atoms with Crippen molar-refractivity contribution in [3.05, 3.63) is 50.6 Å². The van der Waals surface area contributed by atoms with Gasteiger partial charge in [-0.15, -0.1) is 11.3 Å². The standard InChI is InChI=1S/C15H19BrN2OS/c1-11-3-2-4-13(9-11)19-7-5-12(18-17)10-15-14(16)6-8-20-15/h2-4,6,8-9,12,18H,5,7,10,17H2,1H3. The van der Waals surface area contributed by atoms with Gasteiger partial charge in [-0.1, -0.05) is 12.1 Å². The monoisotopic (exact) mass is 354 g/mol. The lowest BCUT2D eigenvalue weighted by Gasteiger charge is -2.16. The van der Waals surface area contributed by atoms with Gasteiger partial charge in [-0.3, -0.25) is 11.3 Å². The van der Waals surface area contributed by atoms with Crippen LogP contribution in [0.5, 0.6) is 5.75 Å². The number of hydrogen-bond acceptors (Lipinski definition) is 4. The van der Waals surface area contributed by atoms with E-state index in [-0.39, 0.29) is 6.04 Å². The van der Waals surface area contributed by atoms with Gasteiger partial charge in [0.1, 0.15) is 5.75 Å². The number of hydrazine groups is 1. The van der Waals surface area contributed by atoms with Crippen LogP contribution in [-0.2, 0) is 6.42 Å². The summed E-state index contributed by atoms with van der Waals surface area (Å²) in [6, 6.07) is 10.4. The zero-order valence-corrected chi connectivity index (χ0v) is 13.8. The van der Waals surface area contributed by atoms with Gasteiger partial charge in [0.25, 0.3) is 0 Å². The minimum atomic E-state index is 0.217. The maximum atomic E-state index is 5.76. The first-order valence-corrected chi connectivity index (χ1v) is 8.24. The molecule has 0 aliphatic heterocycles. The van der Waals surface area contributed by atoms with Crippen molar-refractivity contribution in [2.75, 3.05) is 6.61 Å². The molecule has 0 spiro atoms. The molecule has 0 saturated carbocycles. The summed E-state index contributed by atoms with van der Waals surface area (Å²) in [6.07, 6.45) is 1.78. The number of halogens is 1. The highest BCUT2D eigenvalue weighted by atomic mass is 79.9. The molecule has 20 heavy (non-hydrogen) atoms. The number of aryl methyl sites for hydroxylation is 1. The normalized spacial score (nSPS) is 12.3. The second kappa shape index (κ2) is 7.78. The van der Waals surface area contributed by atoms with Crippen LogP contribution in [0.3, 0.4) is 0 Å². The van der Waals surface area contributed by atoms with Crippen molar-refractivity contribution in [3.8, 4) is 5.75 Å². The third-order valence-electron chi connectivity index (χ3n) is 3.08. The summed E-state index contributed by atoms with van der Waals surface area (Å²) in [5.74, 6) is 6.54. The largest absolute Gasteiger partial charge is 0.494 e. The number of nitrogens with one attached hydrogen (secondary N) is 1. The van der Waals surface area contributed by atoms with Gasteiger partial charge >= 0.3 is 0 Å². The molecule has 1 aromatic carbocycles. The minimum absolute atomic E-state index is 0.217. The fourth-order valence-corrected chi connectivity index (χ4v) is 3.56. The SMILES string of the molecule is Cc1cccc(OCCC(Cc2sccc2Br)NN)c1. The van der Waals surface area contributed by atoms with Gasteiger partial charge in [0, 0.05) is 15.4 Å². The fraction of sp³-hybridized carbons (Fsp3) is 0.333. The molecule has 1 unspecified atom stereocenters. The van der Waals surface area contributed by atoms with Gasteiger partial charge in [-0.25, -0.2) is 0 Å². The van der Waals surface area contributed by atoms with E-state index in [0.717, 1.165) is 23.1 Å². The summed E-state index contributed by atoms with van der Waals surface area (Å²) in [5, 5.41) is 2.08. The van der Waals surface area contributed by atoms with Crippen LogP contribution in [0.1, 0.15) is 16.9 Å². The number of rotatable bonds is 7. The van der Waals surface area contributed by atoms with Crippen molar-refractivity contribution in [1.29, 1.82) is 0 Å². The highest BCUT2D eigenvalue weighted by Crippen LogP contribution is 2.24. The van der Waals surface area contributed by atoms with Crippen LogP contribution in [0.4, 0.5) is 0 Å². The smallest absolute Gasteiger partial charge is 0.119 e. The van der Waals surface area contributed by atoms with Crippen LogP contribution in [0.2, 0.25) is 0 Å². The van der Waals surface area contributed by atoms with Crippen LogP contribution >= 0.6 is 27.3 Å². The molecule has 2 aromatic rings. The first kappa shape index (κ1) is 15.5. The molecule has 0 aliphatic rings. The van der Waals surface area contributed by atoms with Gasteiger partial charge in [0.2, 0.25) is 0 Å². The molecular formula is C15H19BrN2OS. The van der Waals surface area contributed by atoms with Crippen LogP contribution in [-0.4, -0.2) is 12.6 Å². The van der Waals surface area contributed by atoms with E-state index in [0.29, 0.717) is 6.61 Å². The topological polar surface area (TPSA) is 47.3 Å². The van der Waals surface area contributed by atoms with Crippen molar-refractivity contribution in [3.63, 3.8) is 0 Å². The summed E-state index contributed by atoms with van der Waals surface area (Å²) >= 11 is 5.29. The molecule has 3 nitrogen and oxygen atoms in total. The second-order valence-corrected chi connectivity index (χ2v) is 6.57. The molecular weight excluding hydrogens is 336 g/mol. The molecule has 1 heterocycles.